The van der Waals surface area contributed by atoms with E-state index in [-0.39, 0.29) is 17.1 Å². The molecule has 1 aromatic heterocycles. The molecule has 0 bridgehead atoms. The lowest BCUT2D eigenvalue weighted by molar-refractivity contribution is -0.133. The maximum absolute atomic E-state index is 11.7. The first kappa shape index (κ1) is 14.4. The summed E-state index contributed by atoms with van der Waals surface area (Å²) >= 11 is 1.65. The summed E-state index contributed by atoms with van der Waals surface area (Å²) in [5.74, 6) is -1.40. The van der Waals surface area contributed by atoms with Gasteiger partial charge in [-0.15, -0.1) is 11.3 Å². The minimum absolute atomic E-state index is 0.0768. The third-order valence-electron chi connectivity index (χ3n) is 2.71. The van der Waals surface area contributed by atoms with Gasteiger partial charge in [-0.2, -0.15) is 0 Å². The Morgan fingerprint density at radius 3 is 2.33 bits per heavy atom. The van der Waals surface area contributed by atoms with Crippen LogP contribution in [0, 0.1) is 0 Å². The number of thiophene rings is 1. The predicted molar refractivity (Wildman–Crippen MR) is 71.6 cm³/mol. The molecule has 18 heavy (non-hydrogen) atoms. The summed E-state index contributed by atoms with van der Waals surface area (Å²) in [7, 11) is 0. The number of aliphatic carboxylic acids is 1. The number of amides is 1. The second-order valence-corrected chi connectivity index (χ2v) is 5.21. The van der Waals surface area contributed by atoms with Crippen LogP contribution in [-0.2, 0) is 22.6 Å². The predicted octanol–water partition coefficient (Wildman–Crippen LogP) is 2.35. The molecule has 0 saturated heterocycles. The zero-order valence-electron chi connectivity index (χ0n) is 10.7. The van der Waals surface area contributed by atoms with Crippen molar-refractivity contribution in [1.29, 1.82) is 0 Å². The van der Waals surface area contributed by atoms with Crippen molar-refractivity contribution >= 4 is 23.2 Å². The van der Waals surface area contributed by atoms with E-state index in [4.69, 9.17) is 5.11 Å². The van der Waals surface area contributed by atoms with Crippen molar-refractivity contribution in [1.82, 2.24) is 5.32 Å². The number of hydrogen-bond donors (Lipinski definition) is 2. The van der Waals surface area contributed by atoms with Gasteiger partial charge in [0.1, 0.15) is 0 Å². The van der Waals surface area contributed by atoms with Gasteiger partial charge in [0.15, 0.2) is 0 Å². The van der Waals surface area contributed by atoms with E-state index in [0.29, 0.717) is 6.54 Å². The Morgan fingerprint density at radius 2 is 1.83 bits per heavy atom. The molecular formula is C13H17NO3S. The highest BCUT2D eigenvalue weighted by Gasteiger charge is 2.12. The molecule has 1 aromatic rings. The smallest absolute Gasteiger partial charge is 0.331 e. The van der Waals surface area contributed by atoms with E-state index in [2.05, 4.69) is 12.2 Å². The second-order valence-electron chi connectivity index (χ2n) is 3.96. The number of carbonyl (C=O) groups excluding carboxylic acids is 1. The number of aryl methyl sites for hydroxylation is 1. The van der Waals surface area contributed by atoms with Gasteiger partial charge in [0.05, 0.1) is 6.54 Å². The maximum atomic E-state index is 11.7. The van der Waals surface area contributed by atoms with Crippen molar-refractivity contribution in [2.75, 3.05) is 0 Å². The Balaban J connectivity index is 2.61. The summed E-state index contributed by atoms with van der Waals surface area (Å²) in [6.45, 7) is 5.47. The summed E-state index contributed by atoms with van der Waals surface area (Å²) in [6, 6.07) is 4.02. The Hall–Kier alpha value is -1.62. The molecule has 0 unspecified atom stereocenters. The molecular weight excluding hydrogens is 250 g/mol. The molecule has 0 spiro atoms. The maximum Gasteiger partial charge on any atom is 0.331 e. The first-order chi connectivity index (χ1) is 8.45. The van der Waals surface area contributed by atoms with E-state index in [1.165, 1.54) is 18.7 Å². The summed E-state index contributed by atoms with van der Waals surface area (Å²) < 4.78 is 0. The van der Waals surface area contributed by atoms with E-state index in [9.17, 15) is 9.59 Å². The number of carboxylic acid groups (broad SMARTS) is 1. The van der Waals surface area contributed by atoms with Crippen LogP contribution in [-0.4, -0.2) is 17.0 Å². The standard InChI is InChI=1S/C13H17NO3S/c1-4-10-5-6-11(18-10)7-14-12(15)8(2)9(3)13(16)17/h5-6H,4,7H2,1-3H3,(H,14,15)(H,16,17)/b9-8-. The van der Waals surface area contributed by atoms with E-state index >= 15 is 0 Å². The first-order valence-electron chi connectivity index (χ1n) is 5.72. The molecule has 0 atom stereocenters. The molecule has 1 rings (SSSR count). The molecule has 5 heteroatoms. The number of nitrogens with one attached hydrogen (secondary N) is 1. The van der Waals surface area contributed by atoms with Gasteiger partial charge >= 0.3 is 5.97 Å². The summed E-state index contributed by atoms with van der Waals surface area (Å²) in [4.78, 5) is 24.8. The van der Waals surface area contributed by atoms with Crippen LogP contribution < -0.4 is 5.32 Å². The molecule has 0 aliphatic carbocycles. The van der Waals surface area contributed by atoms with Gasteiger partial charge in [-0.3, -0.25) is 4.79 Å². The van der Waals surface area contributed by atoms with Crippen molar-refractivity contribution in [2.45, 2.75) is 33.7 Å². The van der Waals surface area contributed by atoms with E-state index in [1.54, 1.807) is 11.3 Å². The average Bonchev–Trinajstić information content (AvgIpc) is 2.81. The molecule has 0 aliphatic rings. The van der Waals surface area contributed by atoms with Gasteiger partial charge in [0, 0.05) is 20.9 Å². The third-order valence-corrected chi connectivity index (χ3v) is 3.94. The van der Waals surface area contributed by atoms with Crippen molar-refractivity contribution < 1.29 is 14.7 Å². The molecule has 2 N–H and O–H groups in total. The fourth-order valence-electron chi connectivity index (χ4n) is 1.34. The number of hydrogen-bond acceptors (Lipinski definition) is 3. The molecule has 98 valence electrons. The zero-order valence-corrected chi connectivity index (χ0v) is 11.6. The van der Waals surface area contributed by atoms with Crippen molar-refractivity contribution in [3.05, 3.63) is 33.0 Å². The summed E-state index contributed by atoms with van der Waals surface area (Å²) in [5.41, 5.74) is 0.322. The van der Waals surface area contributed by atoms with Crippen LogP contribution in [0.2, 0.25) is 0 Å². The monoisotopic (exact) mass is 267 g/mol. The van der Waals surface area contributed by atoms with E-state index in [1.807, 2.05) is 12.1 Å². The van der Waals surface area contributed by atoms with Crippen LogP contribution in [0.25, 0.3) is 0 Å². The van der Waals surface area contributed by atoms with Gasteiger partial charge < -0.3 is 10.4 Å². The van der Waals surface area contributed by atoms with Crippen LogP contribution >= 0.6 is 11.3 Å². The lowest BCUT2D eigenvalue weighted by atomic mass is 10.1. The lowest BCUT2D eigenvalue weighted by Crippen LogP contribution is -2.24. The first-order valence-corrected chi connectivity index (χ1v) is 6.54. The minimum atomic E-state index is -1.06. The molecule has 0 aromatic carbocycles. The minimum Gasteiger partial charge on any atom is -0.478 e. The van der Waals surface area contributed by atoms with Gasteiger partial charge in [-0.25, -0.2) is 4.79 Å². The van der Waals surface area contributed by atoms with Gasteiger partial charge in [0.25, 0.3) is 0 Å². The van der Waals surface area contributed by atoms with Crippen LogP contribution in [0.1, 0.15) is 30.5 Å². The largest absolute Gasteiger partial charge is 0.478 e. The van der Waals surface area contributed by atoms with Crippen LogP contribution in [0.5, 0.6) is 0 Å². The molecule has 0 saturated carbocycles. The fourth-order valence-corrected chi connectivity index (χ4v) is 2.24. The topological polar surface area (TPSA) is 66.4 Å². The Labute approximate surface area is 110 Å². The quantitative estimate of drug-likeness (QED) is 0.805. The Morgan fingerprint density at radius 1 is 1.22 bits per heavy atom. The summed E-state index contributed by atoms with van der Waals surface area (Å²) in [6.07, 6.45) is 0.982. The fraction of sp³-hybridized carbons (Fsp3) is 0.385. The average molecular weight is 267 g/mol. The zero-order chi connectivity index (χ0) is 13.7. The number of carboxylic acids is 1. The second kappa shape index (κ2) is 6.35. The molecule has 0 aliphatic heterocycles. The highest BCUT2D eigenvalue weighted by Crippen LogP contribution is 2.16. The van der Waals surface area contributed by atoms with Crippen LogP contribution in [0.15, 0.2) is 23.3 Å². The molecule has 1 amide bonds. The van der Waals surface area contributed by atoms with Gasteiger partial charge in [-0.05, 0) is 32.4 Å². The molecule has 0 fully saturated rings. The van der Waals surface area contributed by atoms with Crippen LogP contribution in [0.4, 0.5) is 0 Å². The highest BCUT2D eigenvalue weighted by atomic mass is 32.1. The Bertz CT molecular complexity index is 488. The van der Waals surface area contributed by atoms with Crippen LogP contribution in [0.3, 0.4) is 0 Å². The number of rotatable bonds is 5. The molecule has 1 heterocycles. The van der Waals surface area contributed by atoms with E-state index in [0.717, 1.165) is 11.3 Å². The lowest BCUT2D eigenvalue weighted by Gasteiger charge is -2.05. The van der Waals surface area contributed by atoms with E-state index < -0.39 is 5.97 Å². The molecule has 0 radical (unpaired) electrons. The Kier molecular flexibility index (Phi) is 5.09. The third kappa shape index (κ3) is 3.70. The van der Waals surface area contributed by atoms with Crippen molar-refractivity contribution in [3.8, 4) is 0 Å². The van der Waals surface area contributed by atoms with Crippen molar-refractivity contribution in [2.24, 2.45) is 0 Å². The van der Waals surface area contributed by atoms with Gasteiger partial charge in [0.2, 0.25) is 5.91 Å². The highest BCUT2D eigenvalue weighted by molar-refractivity contribution is 7.11. The van der Waals surface area contributed by atoms with Gasteiger partial charge in [-0.1, -0.05) is 6.92 Å². The molecule has 4 nitrogen and oxygen atoms in total. The normalized spacial score (nSPS) is 11.9. The number of carbonyl (C=O) groups is 2. The van der Waals surface area contributed by atoms with Crippen molar-refractivity contribution in [3.63, 3.8) is 0 Å². The SMILES string of the molecule is CCc1ccc(CNC(=O)/C(C)=C(/C)C(=O)O)s1. The summed E-state index contributed by atoms with van der Waals surface area (Å²) in [5, 5.41) is 11.5.